The van der Waals surface area contributed by atoms with Crippen molar-refractivity contribution in [1.29, 1.82) is 0 Å². The third kappa shape index (κ3) is 2.40. The standard InChI is InChI=1S/C15H22ClN3O/c1-10-11(2)18-14(13(16)17-10)19-8-7-15(20)6-4-3-5-12(15)9-19/h12,20H,3-9H2,1-2H3. The van der Waals surface area contributed by atoms with Crippen LogP contribution in [0.3, 0.4) is 0 Å². The number of hydrogen-bond donors (Lipinski definition) is 1. The van der Waals surface area contributed by atoms with Crippen molar-refractivity contribution < 1.29 is 5.11 Å². The summed E-state index contributed by atoms with van der Waals surface area (Å²) in [6.45, 7) is 5.54. The van der Waals surface area contributed by atoms with Crippen molar-refractivity contribution in [2.45, 2.75) is 51.6 Å². The molecule has 5 heteroatoms. The maximum Gasteiger partial charge on any atom is 0.171 e. The number of aromatic nitrogens is 2. The molecule has 0 aromatic carbocycles. The zero-order valence-electron chi connectivity index (χ0n) is 12.2. The molecule has 0 bridgehead atoms. The van der Waals surface area contributed by atoms with Crippen molar-refractivity contribution in [1.82, 2.24) is 9.97 Å². The molecule has 1 N–H and O–H groups in total. The van der Waals surface area contributed by atoms with E-state index in [2.05, 4.69) is 14.9 Å². The molecule has 1 aromatic rings. The van der Waals surface area contributed by atoms with E-state index in [1.165, 1.54) is 6.42 Å². The molecule has 2 aliphatic rings. The van der Waals surface area contributed by atoms with Gasteiger partial charge >= 0.3 is 0 Å². The van der Waals surface area contributed by atoms with Gasteiger partial charge in [-0.25, -0.2) is 9.97 Å². The molecule has 2 unspecified atom stereocenters. The van der Waals surface area contributed by atoms with Crippen LogP contribution in [-0.2, 0) is 0 Å². The minimum absolute atomic E-state index is 0.337. The number of halogens is 1. The zero-order valence-corrected chi connectivity index (χ0v) is 12.9. The maximum absolute atomic E-state index is 10.7. The van der Waals surface area contributed by atoms with Gasteiger partial charge < -0.3 is 10.0 Å². The minimum atomic E-state index is -0.464. The van der Waals surface area contributed by atoms with Gasteiger partial charge in [-0.1, -0.05) is 24.4 Å². The topological polar surface area (TPSA) is 49.2 Å². The highest BCUT2D eigenvalue weighted by atomic mass is 35.5. The Bertz CT molecular complexity index is 522. The van der Waals surface area contributed by atoms with Crippen LogP contribution in [0.15, 0.2) is 0 Å². The lowest BCUT2D eigenvalue weighted by atomic mass is 9.71. The van der Waals surface area contributed by atoms with Crippen molar-refractivity contribution >= 4 is 17.4 Å². The van der Waals surface area contributed by atoms with Gasteiger partial charge in [-0.15, -0.1) is 0 Å². The molecule has 1 saturated heterocycles. The number of piperidine rings is 1. The minimum Gasteiger partial charge on any atom is -0.389 e. The first kappa shape index (κ1) is 14.1. The fourth-order valence-electron chi connectivity index (χ4n) is 3.53. The lowest BCUT2D eigenvalue weighted by molar-refractivity contribution is -0.0613. The number of anilines is 1. The van der Waals surface area contributed by atoms with Crippen molar-refractivity contribution in [3.8, 4) is 0 Å². The summed E-state index contributed by atoms with van der Waals surface area (Å²) in [6.07, 6.45) is 5.22. The van der Waals surface area contributed by atoms with Crippen LogP contribution < -0.4 is 4.90 Å². The molecule has 2 heterocycles. The second-order valence-electron chi connectivity index (χ2n) is 6.25. The van der Waals surface area contributed by atoms with Crippen molar-refractivity contribution in [2.75, 3.05) is 18.0 Å². The van der Waals surface area contributed by atoms with Gasteiger partial charge in [0.1, 0.15) is 0 Å². The van der Waals surface area contributed by atoms with Crippen molar-refractivity contribution in [3.05, 3.63) is 16.5 Å². The van der Waals surface area contributed by atoms with Gasteiger partial charge in [-0.05, 0) is 33.1 Å². The lowest BCUT2D eigenvalue weighted by Gasteiger charge is -2.47. The Morgan fingerprint density at radius 1 is 1.20 bits per heavy atom. The first-order valence-electron chi connectivity index (χ1n) is 7.48. The summed E-state index contributed by atoms with van der Waals surface area (Å²) in [4.78, 5) is 11.2. The Balaban J connectivity index is 1.84. The lowest BCUT2D eigenvalue weighted by Crippen LogP contribution is -2.53. The second kappa shape index (κ2) is 5.15. The molecule has 0 amide bonds. The van der Waals surface area contributed by atoms with Gasteiger partial charge in [0, 0.05) is 19.0 Å². The monoisotopic (exact) mass is 295 g/mol. The first-order valence-corrected chi connectivity index (χ1v) is 7.85. The number of rotatable bonds is 1. The van der Waals surface area contributed by atoms with E-state index < -0.39 is 5.60 Å². The Morgan fingerprint density at radius 3 is 2.75 bits per heavy atom. The number of fused-ring (bicyclic) bond motifs is 1. The second-order valence-corrected chi connectivity index (χ2v) is 6.61. The molecule has 1 saturated carbocycles. The van der Waals surface area contributed by atoms with Crippen LogP contribution >= 0.6 is 11.6 Å². The molecule has 20 heavy (non-hydrogen) atoms. The molecular weight excluding hydrogens is 274 g/mol. The molecule has 1 aliphatic heterocycles. The van der Waals surface area contributed by atoms with Crippen LogP contribution in [0.5, 0.6) is 0 Å². The molecule has 0 spiro atoms. The number of aliphatic hydroxyl groups is 1. The summed E-state index contributed by atoms with van der Waals surface area (Å²) in [5, 5.41) is 11.2. The third-order valence-corrected chi connectivity index (χ3v) is 5.23. The Hall–Kier alpha value is -0.870. The summed E-state index contributed by atoms with van der Waals surface area (Å²) in [7, 11) is 0. The number of nitrogens with zero attached hydrogens (tertiary/aromatic N) is 3. The average molecular weight is 296 g/mol. The van der Waals surface area contributed by atoms with E-state index >= 15 is 0 Å². The summed E-state index contributed by atoms with van der Waals surface area (Å²) >= 11 is 6.27. The van der Waals surface area contributed by atoms with Crippen LogP contribution in [0.4, 0.5) is 5.82 Å². The molecule has 0 radical (unpaired) electrons. The molecule has 1 aromatic heterocycles. The molecule has 2 atom stereocenters. The van der Waals surface area contributed by atoms with Gasteiger partial charge in [-0.3, -0.25) is 0 Å². The van der Waals surface area contributed by atoms with E-state index in [-0.39, 0.29) is 0 Å². The van der Waals surface area contributed by atoms with Crippen LogP contribution in [-0.4, -0.2) is 33.8 Å². The highest BCUT2D eigenvalue weighted by Crippen LogP contribution is 2.41. The molecule has 1 aliphatic carbocycles. The van der Waals surface area contributed by atoms with Crippen LogP contribution in [0, 0.1) is 19.8 Å². The summed E-state index contributed by atoms with van der Waals surface area (Å²) in [5.41, 5.74) is 1.34. The van der Waals surface area contributed by atoms with Crippen molar-refractivity contribution in [3.63, 3.8) is 0 Å². The zero-order chi connectivity index (χ0) is 14.3. The average Bonchev–Trinajstić information content (AvgIpc) is 2.42. The van der Waals surface area contributed by atoms with Crippen LogP contribution in [0.1, 0.15) is 43.5 Å². The largest absolute Gasteiger partial charge is 0.389 e. The fourth-order valence-corrected chi connectivity index (χ4v) is 3.82. The molecule has 2 fully saturated rings. The Kier molecular flexibility index (Phi) is 3.63. The first-order chi connectivity index (χ1) is 9.49. The van der Waals surface area contributed by atoms with Gasteiger partial charge in [0.2, 0.25) is 0 Å². The van der Waals surface area contributed by atoms with Crippen LogP contribution in [0.25, 0.3) is 0 Å². The highest BCUT2D eigenvalue weighted by molar-refractivity contribution is 6.31. The van der Waals surface area contributed by atoms with Gasteiger partial charge in [0.25, 0.3) is 0 Å². The predicted molar refractivity (Wildman–Crippen MR) is 80.3 cm³/mol. The molecular formula is C15H22ClN3O. The van der Waals surface area contributed by atoms with Crippen molar-refractivity contribution in [2.24, 2.45) is 5.92 Å². The van der Waals surface area contributed by atoms with E-state index in [0.717, 1.165) is 56.0 Å². The third-order valence-electron chi connectivity index (χ3n) is 4.97. The van der Waals surface area contributed by atoms with E-state index in [4.69, 9.17) is 11.6 Å². The van der Waals surface area contributed by atoms with E-state index in [9.17, 15) is 5.11 Å². The van der Waals surface area contributed by atoms with Crippen LogP contribution in [0.2, 0.25) is 5.15 Å². The highest BCUT2D eigenvalue weighted by Gasteiger charge is 2.43. The summed E-state index contributed by atoms with van der Waals surface area (Å²) < 4.78 is 0. The number of hydrogen-bond acceptors (Lipinski definition) is 4. The van der Waals surface area contributed by atoms with E-state index in [1.807, 2.05) is 13.8 Å². The Labute approximate surface area is 125 Å². The smallest absolute Gasteiger partial charge is 0.171 e. The fraction of sp³-hybridized carbons (Fsp3) is 0.733. The normalized spacial score (nSPS) is 30.2. The van der Waals surface area contributed by atoms with E-state index in [1.54, 1.807) is 0 Å². The predicted octanol–water partition coefficient (Wildman–Crippen LogP) is 2.88. The van der Waals surface area contributed by atoms with Gasteiger partial charge in [0.05, 0.1) is 17.0 Å². The molecule has 110 valence electrons. The maximum atomic E-state index is 10.7. The quantitative estimate of drug-likeness (QED) is 0.865. The molecule has 4 nitrogen and oxygen atoms in total. The Morgan fingerprint density at radius 2 is 1.95 bits per heavy atom. The molecule has 3 rings (SSSR count). The number of aryl methyl sites for hydroxylation is 2. The van der Waals surface area contributed by atoms with Gasteiger partial charge in [0.15, 0.2) is 11.0 Å². The summed E-state index contributed by atoms with van der Waals surface area (Å²) in [6, 6.07) is 0. The van der Waals surface area contributed by atoms with E-state index in [0.29, 0.717) is 11.1 Å². The SMILES string of the molecule is Cc1nc(Cl)c(N2CCC3(O)CCCCC3C2)nc1C. The van der Waals surface area contributed by atoms with Gasteiger partial charge in [-0.2, -0.15) is 0 Å². The summed E-state index contributed by atoms with van der Waals surface area (Å²) in [5.74, 6) is 1.12.